The minimum atomic E-state index is 0.427. The highest BCUT2D eigenvalue weighted by molar-refractivity contribution is 7.99. The van der Waals surface area contributed by atoms with E-state index < -0.39 is 0 Å². The molecule has 0 aliphatic heterocycles. The highest BCUT2D eigenvalue weighted by atomic mass is 35.5. The second-order valence-corrected chi connectivity index (χ2v) is 6.25. The quantitative estimate of drug-likeness (QED) is 0.883. The Hall–Kier alpha value is -1.39. The van der Waals surface area contributed by atoms with E-state index in [2.05, 4.69) is 18.8 Å². The van der Waals surface area contributed by atoms with Gasteiger partial charge < -0.3 is 10.5 Å². The van der Waals surface area contributed by atoms with E-state index in [-0.39, 0.29) is 0 Å². The lowest BCUT2D eigenvalue weighted by Gasteiger charge is -2.11. The molecule has 0 saturated carbocycles. The van der Waals surface area contributed by atoms with Crippen molar-refractivity contribution in [3.63, 3.8) is 0 Å². The van der Waals surface area contributed by atoms with Gasteiger partial charge >= 0.3 is 0 Å². The Morgan fingerprint density at radius 2 is 2.00 bits per heavy atom. The van der Waals surface area contributed by atoms with Crippen LogP contribution >= 0.6 is 23.4 Å². The topological polar surface area (TPSA) is 48.1 Å². The standard InChI is InChI=1S/C15H17ClN2OS/c1-10(2)9-19-15-12(17)7-8-14(18-15)20-13-6-4-3-5-11(13)16/h3-8,10H,9,17H2,1-2H3. The summed E-state index contributed by atoms with van der Waals surface area (Å²) in [4.78, 5) is 5.40. The average Bonchev–Trinajstić information content (AvgIpc) is 2.42. The van der Waals surface area contributed by atoms with Crippen LogP contribution in [-0.4, -0.2) is 11.6 Å². The highest BCUT2D eigenvalue weighted by Crippen LogP contribution is 2.34. The molecule has 3 nitrogen and oxygen atoms in total. The lowest BCUT2D eigenvalue weighted by atomic mass is 10.2. The molecule has 0 saturated heterocycles. The maximum absolute atomic E-state index is 6.14. The molecule has 20 heavy (non-hydrogen) atoms. The first-order valence-electron chi connectivity index (χ1n) is 6.38. The summed E-state index contributed by atoms with van der Waals surface area (Å²) in [5, 5.41) is 1.52. The Labute approximate surface area is 128 Å². The number of rotatable bonds is 5. The molecule has 5 heteroatoms. The summed E-state index contributed by atoms with van der Waals surface area (Å²) in [6.45, 7) is 4.76. The summed E-state index contributed by atoms with van der Waals surface area (Å²) >= 11 is 7.64. The number of nitrogens with zero attached hydrogens (tertiary/aromatic N) is 1. The number of aromatic nitrogens is 1. The van der Waals surface area contributed by atoms with Gasteiger partial charge in [-0.1, -0.05) is 49.3 Å². The van der Waals surface area contributed by atoms with Crippen molar-refractivity contribution >= 4 is 29.1 Å². The smallest absolute Gasteiger partial charge is 0.238 e. The molecule has 2 rings (SSSR count). The van der Waals surface area contributed by atoms with Gasteiger partial charge in [0.1, 0.15) is 5.03 Å². The molecule has 0 aliphatic rings. The number of hydrogen-bond acceptors (Lipinski definition) is 4. The fourth-order valence-electron chi connectivity index (χ4n) is 1.49. The average molecular weight is 309 g/mol. The van der Waals surface area contributed by atoms with Crippen LogP contribution < -0.4 is 10.5 Å². The van der Waals surface area contributed by atoms with E-state index in [1.165, 1.54) is 11.8 Å². The van der Waals surface area contributed by atoms with Crippen LogP contribution in [0.15, 0.2) is 46.3 Å². The number of anilines is 1. The van der Waals surface area contributed by atoms with Crippen LogP contribution in [0.2, 0.25) is 5.02 Å². The molecule has 1 heterocycles. The van der Waals surface area contributed by atoms with Crippen LogP contribution in [0.25, 0.3) is 0 Å². The number of ether oxygens (including phenoxy) is 1. The summed E-state index contributed by atoms with van der Waals surface area (Å²) in [5.41, 5.74) is 6.43. The molecular weight excluding hydrogens is 292 g/mol. The molecule has 2 aromatic rings. The number of hydrogen-bond donors (Lipinski definition) is 1. The van der Waals surface area contributed by atoms with Gasteiger partial charge in [0, 0.05) is 4.90 Å². The van der Waals surface area contributed by atoms with Gasteiger partial charge in [-0.15, -0.1) is 0 Å². The zero-order valence-corrected chi connectivity index (χ0v) is 13.0. The molecule has 0 unspecified atom stereocenters. The molecule has 0 amide bonds. The van der Waals surface area contributed by atoms with Gasteiger partial charge in [0.2, 0.25) is 5.88 Å². The van der Waals surface area contributed by atoms with E-state index in [0.29, 0.717) is 29.1 Å². The molecule has 2 N–H and O–H groups in total. The van der Waals surface area contributed by atoms with Gasteiger partial charge in [0.15, 0.2) is 0 Å². The van der Waals surface area contributed by atoms with E-state index in [0.717, 1.165) is 9.92 Å². The molecule has 0 radical (unpaired) electrons. The third-order valence-corrected chi connectivity index (χ3v) is 3.92. The van der Waals surface area contributed by atoms with Crippen molar-refractivity contribution in [1.82, 2.24) is 4.98 Å². The summed E-state index contributed by atoms with van der Waals surface area (Å²) < 4.78 is 5.62. The van der Waals surface area contributed by atoms with Crippen LogP contribution in [-0.2, 0) is 0 Å². The zero-order chi connectivity index (χ0) is 14.5. The second-order valence-electron chi connectivity index (χ2n) is 4.78. The third-order valence-electron chi connectivity index (χ3n) is 2.47. The van der Waals surface area contributed by atoms with Crippen molar-refractivity contribution in [3.8, 4) is 5.88 Å². The van der Waals surface area contributed by atoms with E-state index in [1.54, 1.807) is 0 Å². The number of nitrogen functional groups attached to an aromatic ring is 1. The molecule has 0 bridgehead atoms. The van der Waals surface area contributed by atoms with E-state index >= 15 is 0 Å². The molecule has 1 aromatic heterocycles. The predicted molar refractivity (Wildman–Crippen MR) is 84.6 cm³/mol. The number of halogens is 1. The molecule has 106 valence electrons. The van der Waals surface area contributed by atoms with Gasteiger partial charge in [-0.3, -0.25) is 0 Å². The van der Waals surface area contributed by atoms with Crippen molar-refractivity contribution in [2.45, 2.75) is 23.8 Å². The lowest BCUT2D eigenvalue weighted by Crippen LogP contribution is -2.07. The molecular formula is C15H17ClN2OS. The monoisotopic (exact) mass is 308 g/mol. The van der Waals surface area contributed by atoms with Gasteiger partial charge in [-0.05, 0) is 30.2 Å². The summed E-state index contributed by atoms with van der Waals surface area (Å²) in [6, 6.07) is 11.3. The van der Waals surface area contributed by atoms with E-state index in [1.807, 2.05) is 36.4 Å². The third kappa shape index (κ3) is 4.05. The fraction of sp³-hybridized carbons (Fsp3) is 0.267. The van der Waals surface area contributed by atoms with Crippen molar-refractivity contribution in [2.24, 2.45) is 5.92 Å². The van der Waals surface area contributed by atoms with Crippen LogP contribution in [0.1, 0.15) is 13.8 Å². The lowest BCUT2D eigenvalue weighted by molar-refractivity contribution is 0.261. The zero-order valence-electron chi connectivity index (χ0n) is 11.5. The van der Waals surface area contributed by atoms with Crippen LogP contribution in [0.3, 0.4) is 0 Å². The van der Waals surface area contributed by atoms with Crippen LogP contribution in [0, 0.1) is 5.92 Å². The molecule has 0 fully saturated rings. The van der Waals surface area contributed by atoms with E-state index in [4.69, 9.17) is 22.1 Å². The first kappa shape index (κ1) is 15.0. The molecule has 0 atom stereocenters. The largest absolute Gasteiger partial charge is 0.476 e. The van der Waals surface area contributed by atoms with Crippen molar-refractivity contribution < 1.29 is 4.74 Å². The van der Waals surface area contributed by atoms with Crippen molar-refractivity contribution in [1.29, 1.82) is 0 Å². The molecule has 0 spiro atoms. The van der Waals surface area contributed by atoms with Crippen molar-refractivity contribution in [3.05, 3.63) is 41.4 Å². The van der Waals surface area contributed by atoms with Gasteiger partial charge in [-0.25, -0.2) is 4.98 Å². The molecule has 1 aromatic carbocycles. The van der Waals surface area contributed by atoms with Gasteiger partial charge in [0.25, 0.3) is 0 Å². The number of nitrogens with two attached hydrogens (primary N) is 1. The molecule has 0 aliphatic carbocycles. The summed E-state index contributed by atoms with van der Waals surface area (Å²) in [7, 11) is 0. The first-order valence-corrected chi connectivity index (χ1v) is 7.57. The first-order chi connectivity index (χ1) is 9.56. The number of pyridine rings is 1. The summed E-state index contributed by atoms with van der Waals surface area (Å²) in [5.74, 6) is 0.909. The SMILES string of the molecule is CC(C)COc1nc(Sc2ccccc2Cl)ccc1N. The normalized spacial score (nSPS) is 10.8. The maximum Gasteiger partial charge on any atom is 0.238 e. The minimum Gasteiger partial charge on any atom is -0.476 e. The Kier molecular flexibility index (Phi) is 5.15. The Morgan fingerprint density at radius 1 is 1.25 bits per heavy atom. The maximum atomic E-state index is 6.14. The minimum absolute atomic E-state index is 0.427. The fourth-order valence-corrected chi connectivity index (χ4v) is 2.55. The highest BCUT2D eigenvalue weighted by Gasteiger charge is 2.08. The Morgan fingerprint density at radius 3 is 2.70 bits per heavy atom. The predicted octanol–water partition coefficient (Wildman–Crippen LogP) is 4.50. The summed E-state index contributed by atoms with van der Waals surface area (Å²) in [6.07, 6.45) is 0. The van der Waals surface area contributed by atoms with Crippen LogP contribution in [0.4, 0.5) is 5.69 Å². The van der Waals surface area contributed by atoms with E-state index in [9.17, 15) is 0 Å². The second kappa shape index (κ2) is 6.86. The van der Waals surface area contributed by atoms with Crippen LogP contribution in [0.5, 0.6) is 5.88 Å². The Balaban J connectivity index is 2.17. The van der Waals surface area contributed by atoms with Gasteiger partial charge in [0.05, 0.1) is 17.3 Å². The number of benzene rings is 1. The Bertz CT molecular complexity index is 590. The van der Waals surface area contributed by atoms with Gasteiger partial charge in [-0.2, -0.15) is 0 Å². The van der Waals surface area contributed by atoms with Crippen molar-refractivity contribution in [2.75, 3.05) is 12.3 Å².